The van der Waals surface area contributed by atoms with Crippen LogP contribution >= 0.6 is 0 Å². The molecule has 2 aromatic rings. The van der Waals surface area contributed by atoms with Gasteiger partial charge in [-0.2, -0.15) is 0 Å². The number of fused-ring (bicyclic) bond motifs is 7. The standard InChI is InChI=1S/C44H58N2O4.C3H6/c1-41(2)34(31-12-14-32(15-13-31)39(48)49)18-22-43(4)37(41)20-23-42(3)35-19-24-44(21-8-11-36(44)33(35)16-17-38(42)43)40(50)45-25-26-46(27-28-47)29-30-9-6-5-7-10-30;1-3-2/h5-7,9-10,12-15,18,28,33,35-38H,8,11,16-17,19-27,29H2,1-4H3,(H,45,50)(H,48,49);3H,1H2,2H3. The van der Waals surface area contributed by atoms with Crippen LogP contribution in [0.25, 0.3) is 5.57 Å². The van der Waals surface area contributed by atoms with Crippen molar-refractivity contribution in [3.05, 3.63) is 90.0 Å². The van der Waals surface area contributed by atoms with Crippen LogP contribution in [-0.4, -0.2) is 47.8 Å². The maximum atomic E-state index is 14.2. The lowest BCUT2D eigenvalue weighted by atomic mass is 9.36. The molecule has 8 atom stereocenters. The zero-order chi connectivity index (χ0) is 38.0. The zero-order valence-corrected chi connectivity index (χ0v) is 33.0. The lowest BCUT2D eigenvalue weighted by Crippen LogP contribution is -2.62. The summed E-state index contributed by atoms with van der Waals surface area (Å²) in [4.78, 5) is 39.3. The largest absolute Gasteiger partial charge is 0.478 e. The number of nitrogens with zero attached hydrogens (tertiary/aromatic N) is 1. The summed E-state index contributed by atoms with van der Waals surface area (Å²) in [6, 6.07) is 17.8. The highest BCUT2D eigenvalue weighted by Gasteiger charge is 2.66. The highest BCUT2D eigenvalue weighted by atomic mass is 16.4. The first-order valence-electron chi connectivity index (χ1n) is 20.5. The van der Waals surface area contributed by atoms with E-state index in [-0.39, 0.29) is 27.6 Å². The van der Waals surface area contributed by atoms with E-state index >= 15 is 0 Å². The molecule has 2 aromatic carbocycles. The molecule has 0 bridgehead atoms. The number of carboxylic acid groups (broad SMARTS) is 1. The topological polar surface area (TPSA) is 86.7 Å². The van der Waals surface area contributed by atoms with Crippen molar-refractivity contribution >= 4 is 23.7 Å². The number of benzene rings is 2. The van der Waals surface area contributed by atoms with E-state index in [4.69, 9.17) is 0 Å². The summed E-state index contributed by atoms with van der Waals surface area (Å²) in [6.45, 7) is 17.7. The molecule has 4 saturated carbocycles. The van der Waals surface area contributed by atoms with Crippen molar-refractivity contribution in [2.45, 2.75) is 105 Å². The third-order valence-corrected chi connectivity index (χ3v) is 15.3. The van der Waals surface area contributed by atoms with Crippen molar-refractivity contribution in [3.8, 4) is 0 Å². The van der Waals surface area contributed by atoms with Gasteiger partial charge in [-0.25, -0.2) is 4.79 Å². The van der Waals surface area contributed by atoms with Crippen molar-refractivity contribution in [1.82, 2.24) is 10.2 Å². The van der Waals surface area contributed by atoms with Gasteiger partial charge in [0.25, 0.3) is 0 Å². The average Bonchev–Trinajstić information content (AvgIpc) is 3.58. The van der Waals surface area contributed by atoms with Gasteiger partial charge in [0.1, 0.15) is 6.29 Å². The first kappa shape index (κ1) is 39.2. The van der Waals surface area contributed by atoms with Crippen LogP contribution in [0.2, 0.25) is 0 Å². The fourth-order valence-corrected chi connectivity index (χ4v) is 13.2. The van der Waals surface area contributed by atoms with Crippen molar-refractivity contribution in [2.75, 3.05) is 19.6 Å². The molecule has 0 spiro atoms. The van der Waals surface area contributed by atoms with E-state index in [2.05, 4.69) is 62.7 Å². The van der Waals surface area contributed by atoms with Gasteiger partial charge in [-0.15, -0.1) is 6.58 Å². The molecule has 7 rings (SSSR count). The van der Waals surface area contributed by atoms with Gasteiger partial charge in [-0.05, 0) is 139 Å². The highest BCUT2D eigenvalue weighted by Crippen LogP contribution is 2.73. The Balaban J connectivity index is 0.00000155. The van der Waals surface area contributed by atoms with Crippen molar-refractivity contribution in [1.29, 1.82) is 0 Å². The number of aldehydes is 1. The van der Waals surface area contributed by atoms with Crippen molar-refractivity contribution in [2.24, 2.45) is 51.2 Å². The normalized spacial score (nSPS) is 33.8. The van der Waals surface area contributed by atoms with Crippen LogP contribution in [0.1, 0.15) is 120 Å². The number of carbonyl (C=O) groups excluding carboxylic acids is 2. The van der Waals surface area contributed by atoms with Crippen LogP contribution in [0, 0.1) is 51.2 Å². The number of hydrogen-bond donors (Lipinski definition) is 2. The summed E-state index contributed by atoms with van der Waals surface area (Å²) < 4.78 is 0. The third kappa shape index (κ3) is 7.10. The second-order valence-electron chi connectivity index (χ2n) is 18.2. The minimum atomic E-state index is -0.877. The Bertz CT molecular complexity index is 1660. The number of aromatic carboxylic acids is 1. The third-order valence-electron chi connectivity index (χ3n) is 15.3. The molecule has 5 aliphatic carbocycles. The van der Waals surface area contributed by atoms with Crippen LogP contribution in [0.4, 0.5) is 0 Å². The van der Waals surface area contributed by atoms with Gasteiger partial charge in [-0.1, -0.05) is 88.7 Å². The average molecular weight is 721 g/mol. The summed E-state index contributed by atoms with van der Waals surface area (Å²) in [5, 5.41) is 12.8. The number of amides is 1. The SMILES string of the molecule is C=CC.CC1(C)C(c2ccc(C(=O)O)cc2)=CCC2(C)C1CCC1(C)C3CCC4(C(=O)NCCN(CC=O)Cc5ccccc5)CCCC4C3CCC12. The Morgan fingerprint density at radius 3 is 2.28 bits per heavy atom. The lowest BCUT2D eigenvalue weighted by molar-refractivity contribution is -0.181. The summed E-state index contributed by atoms with van der Waals surface area (Å²) in [6.07, 6.45) is 16.8. The fourth-order valence-electron chi connectivity index (χ4n) is 13.2. The second kappa shape index (κ2) is 15.7. The molecule has 5 aliphatic rings. The van der Waals surface area contributed by atoms with Gasteiger partial charge in [0.05, 0.1) is 17.5 Å². The van der Waals surface area contributed by atoms with Gasteiger partial charge in [0.15, 0.2) is 0 Å². The lowest BCUT2D eigenvalue weighted by Gasteiger charge is -2.68. The van der Waals surface area contributed by atoms with Crippen molar-refractivity contribution in [3.63, 3.8) is 0 Å². The maximum absolute atomic E-state index is 14.2. The molecule has 0 aliphatic heterocycles. The minimum absolute atomic E-state index is 0.00355. The molecule has 0 saturated heterocycles. The molecule has 0 radical (unpaired) electrons. The van der Waals surface area contributed by atoms with Crippen LogP contribution in [0.3, 0.4) is 0 Å². The van der Waals surface area contributed by atoms with Crippen LogP contribution in [-0.2, 0) is 16.1 Å². The molecule has 0 heterocycles. The smallest absolute Gasteiger partial charge is 0.335 e. The van der Waals surface area contributed by atoms with E-state index in [9.17, 15) is 19.5 Å². The first-order valence-corrected chi connectivity index (χ1v) is 20.5. The quantitative estimate of drug-likeness (QED) is 0.189. The minimum Gasteiger partial charge on any atom is -0.478 e. The monoisotopic (exact) mass is 720 g/mol. The second-order valence-corrected chi connectivity index (χ2v) is 18.2. The maximum Gasteiger partial charge on any atom is 0.335 e. The molecular weight excluding hydrogens is 657 g/mol. The van der Waals surface area contributed by atoms with Crippen LogP contribution < -0.4 is 5.32 Å². The molecule has 4 fully saturated rings. The summed E-state index contributed by atoms with van der Waals surface area (Å²) in [5.41, 5.74) is 4.34. The van der Waals surface area contributed by atoms with Gasteiger partial charge < -0.3 is 15.2 Å². The number of allylic oxidation sites excluding steroid dienone is 3. The van der Waals surface area contributed by atoms with E-state index in [0.29, 0.717) is 61.3 Å². The Kier molecular flexibility index (Phi) is 11.6. The summed E-state index contributed by atoms with van der Waals surface area (Å²) >= 11 is 0. The van der Waals surface area contributed by atoms with Gasteiger partial charge in [0, 0.05) is 19.6 Å². The predicted octanol–water partition coefficient (Wildman–Crippen LogP) is 9.85. The number of nitrogens with one attached hydrogen (secondary N) is 1. The molecule has 8 unspecified atom stereocenters. The van der Waals surface area contributed by atoms with E-state index in [1.54, 1.807) is 18.2 Å². The molecule has 6 heteroatoms. The Morgan fingerprint density at radius 2 is 1.60 bits per heavy atom. The Morgan fingerprint density at radius 1 is 0.887 bits per heavy atom. The van der Waals surface area contributed by atoms with E-state index in [1.807, 2.05) is 37.3 Å². The van der Waals surface area contributed by atoms with Gasteiger partial charge >= 0.3 is 5.97 Å². The fraction of sp³-hybridized carbons (Fsp3) is 0.596. The zero-order valence-electron chi connectivity index (χ0n) is 33.0. The van der Waals surface area contributed by atoms with E-state index in [1.165, 1.54) is 43.2 Å². The number of rotatable bonds is 10. The Labute approximate surface area is 318 Å². The van der Waals surface area contributed by atoms with Crippen LogP contribution in [0.15, 0.2) is 73.3 Å². The highest BCUT2D eigenvalue weighted by molar-refractivity contribution is 5.88. The molecule has 6 nitrogen and oxygen atoms in total. The van der Waals surface area contributed by atoms with E-state index in [0.717, 1.165) is 44.0 Å². The molecule has 53 heavy (non-hydrogen) atoms. The van der Waals surface area contributed by atoms with Crippen LogP contribution in [0.5, 0.6) is 0 Å². The van der Waals surface area contributed by atoms with Crippen molar-refractivity contribution < 1.29 is 19.5 Å². The number of carbonyl (C=O) groups is 3. The van der Waals surface area contributed by atoms with E-state index < -0.39 is 5.97 Å². The molecular formula is C47H64N2O4. The van der Waals surface area contributed by atoms with Gasteiger partial charge in [0.2, 0.25) is 5.91 Å². The molecule has 1 amide bonds. The Hall–Kier alpha value is -3.51. The molecule has 2 N–H and O–H groups in total. The predicted molar refractivity (Wildman–Crippen MR) is 214 cm³/mol. The first-order chi connectivity index (χ1) is 25.4. The summed E-state index contributed by atoms with van der Waals surface area (Å²) in [7, 11) is 0. The molecule has 0 aromatic heterocycles. The summed E-state index contributed by atoms with van der Waals surface area (Å²) in [5.74, 6) is 2.41. The number of hydrogen-bond acceptors (Lipinski definition) is 4. The number of carboxylic acids is 1. The molecule has 286 valence electrons. The van der Waals surface area contributed by atoms with Gasteiger partial charge in [-0.3, -0.25) is 9.69 Å².